The van der Waals surface area contributed by atoms with Crippen molar-refractivity contribution in [2.45, 2.75) is 19.8 Å². The van der Waals surface area contributed by atoms with E-state index in [-0.39, 0.29) is 5.78 Å². The van der Waals surface area contributed by atoms with Gasteiger partial charge in [-0.3, -0.25) is 4.79 Å². The number of anilines is 2. The number of ketones is 1. The molecule has 2 aliphatic carbocycles. The van der Waals surface area contributed by atoms with Crippen LogP contribution in [0.15, 0.2) is 36.4 Å². The SMILES string of the molecule is CC1CC2CN(c3ccc4c(c3)C(=O)c3cc(N(C)C)ccc3-4)CC2C1. The minimum Gasteiger partial charge on any atom is -0.378 e. The second-order valence-corrected chi connectivity index (χ2v) is 8.69. The molecule has 0 spiro atoms. The third-order valence-corrected chi connectivity index (χ3v) is 6.65. The molecular weight excluding hydrogens is 320 g/mol. The number of carbonyl (C=O) groups excluding carboxylic acids is 1. The van der Waals surface area contributed by atoms with E-state index in [1.807, 2.05) is 25.1 Å². The molecule has 1 aliphatic heterocycles. The molecule has 5 rings (SSSR count). The maximum absolute atomic E-state index is 13.0. The summed E-state index contributed by atoms with van der Waals surface area (Å²) in [5, 5.41) is 0. The lowest BCUT2D eigenvalue weighted by atomic mass is 10.0. The molecule has 3 nitrogen and oxygen atoms in total. The van der Waals surface area contributed by atoms with Crippen LogP contribution in [0.2, 0.25) is 0 Å². The van der Waals surface area contributed by atoms with Gasteiger partial charge in [0.15, 0.2) is 5.78 Å². The highest BCUT2D eigenvalue weighted by Gasteiger charge is 2.39. The van der Waals surface area contributed by atoms with Crippen LogP contribution in [0.4, 0.5) is 11.4 Å². The van der Waals surface area contributed by atoms with Gasteiger partial charge in [0.05, 0.1) is 0 Å². The third kappa shape index (κ3) is 2.29. The van der Waals surface area contributed by atoms with Crippen LogP contribution in [0.3, 0.4) is 0 Å². The Labute approximate surface area is 155 Å². The highest BCUT2D eigenvalue weighted by Crippen LogP contribution is 2.44. The molecule has 0 radical (unpaired) electrons. The molecule has 1 heterocycles. The van der Waals surface area contributed by atoms with Crippen LogP contribution in [-0.2, 0) is 0 Å². The van der Waals surface area contributed by atoms with Gasteiger partial charge >= 0.3 is 0 Å². The zero-order chi connectivity index (χ0) is 18.0. The number of nitrogens with zero attached hydrogens (tertiary/aromatic N) is 2. The fourth-order valence-electron chi connectivity index (χ4n) is 5.34. The first-order chi connectivity index (χ1) is 12.5. The number of benzene rings is 2. The predicted octanol–water partition coefficient (Wildman–Crippen LogP) is 4.45. The lowest BCUT2D eigenvalue weighted by molar-refractivity contribution is 0.104. The zero-order valence-corrected chi connectivity index (χ0v) is 15.8. The van der Waals surface area contributed by atoms with Gasteiger partial charge < -0.3 is 9.80 Å². The summed E-state index contributed by atoms with van der Waals surface area (Å²) < 4.78 is 0. The molecule has 2 atom stereocenters. The third-order valence-electron chi connectivity index (χ3n) is 6.65. The lowest BCUT2D eigenvalue weighted by Gasteiger charge is -2.21. The van der Waals surface area contributed by atoms with E-state index in [1.54, 1.807) is 0 Å². The first-order valence-electron chi connectivity index (χ1n) is 9.76. The summed E-state index contributed by atoms with van der Waals surface area (Å²) in [4.78, 5) is 17.6. The highest BCUT2D eigenvalue weighted by atomic mass is 16.1. The van der Waals surface area contributed by atoms with Crippen LogP contribution in [0.1, 0.15) is 35.7 Å². The molecule has 1 saturated heterocycles. The average molecular weight is 346 g/mol. The minimum absolute atomic E-state index is 0.175. The van der Waals surface area contributed by atoms with Gasteiger partial charge in [0, 0.05) is 49.7 Å². The maximum Gasteiger partial charge on any atom is 0.194 e. The van der Waals surface area contributed by atoms with Crippen molar-refractivity contribution >= 4 is 17.2 Å². The van der Waals surface area contributed by atoms with Crippen LogP contribution in [0, 0.1) is 17.8 Å². The van der Waals surface area contributed by atoms with Gasteiger partial charge in [-0.25, -0.2) is 0 Å². The molecule has 0 bridgehead atoms. The van der Waals surface area contributed by atoms with Gasteiger partial charge in [0.25, 0.3) is 0 Å². The van der Waals surface area contributed by atoms with E-state index in [0.717, 1.165) is 58.8 Å². The van der Waals surface area contributed by atoms with Crippen LogP contribution in [-0.4, -0.2) is 33.0 Å². The first-order valence-corrected chi connectivity index (χ1v) is 9.76. The normalized spacial score (nSPS) is 26.0. The molecule has 3 aliphatic rings. The Morgan fingerprint density at radius 1 is 0.885 bits per heavy atom. The molecule has 134 valence electrons. The van der Waals surface area contributed by atoms with Crippen LogP contribution in [0.25, 0.3) is 11.1 Å². The number of hydrogen-bond donors (Lipinski definition) is 0. The van der Waals surface area contributed by atoms with E-state index in [0.29, 0.717) is 0 Å². The molecule has 2 fully saturated rings. The number of hydrogen-bond acceptors (Lipinski definition) is 3. The van der Waals surface area contributed by atoms with E-state index >= 15 is 0 Å². The van der Waals surface area contributed by atoms with E-state index in [4.69, 9.17) is 0 Å². The molecule has 2 aromatic rings. The number of carbonyl (C=O) groups is 1. The molecule has 0 amide bonds. The average Bonchev–Trinajstić information content (AvgIpc) is 3.25. The topological polar surface area (TPSA) is 23.6 Å². The van der Waals surface area contributed by atoms with Crippen molar-refractivity contribution in [3.8, 4) is 11.1 Å². The number of fused-ring (bicyclic) bond motifs is 4. The van der Waals surface area contributed by atoms with E-state index in [9.17, 15) is 4.79 Å². The Morgan fingerprint density at radius 3 is 2.15 bits per heavy atom. The first kappa shape index (κ1) is 15.9. The summed E-state index contributed by atoms with van der Waals surface area (Å²) in [6, 6.07) is 12.7. The summed E-state index contributed by atoms with van der Waals surface area (Å²) >= 11 is 0. The molecule has 2 unspecified atom stereocenters. The van der Waals surface area contributed by atoms with Crippen LogP contribution >= 0.6 is 0 Å². The van der Waals surface area contributed by atoms with Gasteiger partial charge in [0.2, 0.25) is 0 Å². The van der Waals surface area contributed by atoms with E-state index in [1.165, 1.54) is 18.5 Å². The van der Waals surface area contributed by atoms with Gasteiger partial charge in [-0.2, -0.15) is 0 Å². The summed E-state index contributed by atoms with van der Waals surface area (Å²) in [7, 11) is 4.02. The summed E-state index contributed by atoms with van der Waals surface area (Å²) in [5.41, 5.74) is 6.18. The Morgan fingerprint density at radius 2 is 1.50 bits per heavy atom. The van der Waals surface area contributed by atoms with Crippen molar-refractivity contribution in [1.82, 2.24) is 0 Å². The highest BCUT2D eigenvalue weighted by molar-refractivity contribution is 6.22. The molecule has 2 aromatic carbocycles. The van der Waals surface area contributed by atoms with E-state index < -0.39 is 0 Å². The second-order valence-electron chi connectivity index (χ2n) is 8.69. The van der Waals surface area contributed by atoms with Gasteiger partial charge in [0.1, 0.15) is 0 Å². The molecule has 1 saturated carbocycles. The monoisotopic (exact) mass is 346 g/mol. The molecule has 0 aromatic heterocycles. The van der Waals surface area contributed by atoms with Crippen molar-refractivity contribution in [2.75, 3.05) is 37.0 Å². The van der Waals surface area contributed by atoms with Gasteiger partial charge in [-0.1, -0.05) is 19.1 Å². The molecular formula is C23H26N2O. The smallest absolute Gasteiger partial charge is 0.194 e. The van der Waals surface area contributed by atoms with Crippen molar-refractivity contribution < 1.29 is 4.79 Å². The zero-order valence-electron chi connectivity index (χ0n) is 15.8. The maximum atomic E-state index is 13.0. The summed E-state index contributed by atoms with van der Waals surface area (Å²) in [6.07, 6.45) is 2.73. The van der Waals surface area contributed by atoms with Crippen LogP contribution in [0.5, 0.6) is 0 Å². The van der Waals surface area contributed by atoms with Gasteiger partial charge in [-0.05, 0) is 66.0 Å². The number of rotatable bonds is 2. The Hall–Kier alpha value is -2.29. The summed E-state index contributed by atoms with van der Waals surface area (Å²) in [6.45, 7) is 4.69. The van der Waals surface area contributed by atoms with Crippen LogP contribution < -0.4 is 9.80 Å². The Kier molecular flexibility index (Phi) is 3.43. The van der Waals surface area contributed by atoms with Crippen molar-refractivity contribution in [1.29, 1.82) is 0 Å². The largest absolute Gasteiger partial charge is 0.378 e. The molecule has 0 N–H and O–H groups in total. The van der Waals surface area contributed by atoms with E-state index in [2.05, 4.69) is 42.2 Å². The standard InChI is InChI=1S/C23H26N2O/c1-14-8-15-12-25(13-16(15)9-14)18-5-7-20-19-6-4-17(24(2)3)10-21(19)23(26)22(20)11-18/h4-7,10-11,14-16H,8-9,12-13H2,1-3H3. The quantitative estimate of drug-likeness (QED) is 0.685. The minimum atomic E-state index is 0.175. The van der Waals surface area contributed by atoms with Crippen molar-refractivity contribution in [2.24, 2.45) is 17.8 Å². The lowest BCUT2D eigenvalue weighted by Crippen LogP contribution is -2.21. The fraction of sp³-hybridized carbons (Fsp3) is 0.435. The Bertz CT molecular complexity index is 887. The van der Waals surface area contributed by atoms with Gasteiger partial charge in [-0.15, -0.1) is 0 Å². The molecule has 26 heavy (non-hydrogen) atoms. The second kappa shape index (κ2) is 5.60. The molecule has 3 heteroatoms. The predicted molar refractivity (Wildman–Crippen MR) is 107 cm³/mol. The summed E-state index contributed by atoms with van der Waals surface area (Å²) in [5.74, 6) is 2.74. The fourth-order valence-corrected chi connectivity index (χ4v) is 5.34. The van der Waals surface area contributed by atoms with Crippen molar-refractivity contribution in [3.05, 3.63) is 47.5 Å². The van der Waals surface area contributed by atoms with Crippen molar-refractivity contribution in [3.63, 3.8) is 0 Å². The Balaban J connectivity index is 1.47.